The van der Waals surface area contributed by atoms with Gasteiger partial charge in [-0.2, -0.15) is 0 Å². The Balaban J connectivity index is 1.95. The summed E-state index contributed by atoms with van der Waals surface area (Å²) in [6, 6.07) is 9.85. The van der Waals surface area contributed by atoms with Crippen molar-refractivity contribution in [3.05, 3.63) is 35.4 Å². The molecule has 20 heavy (non-hydrogen) atoms. The third kappa shape index (κ3) is 4.07. The molecule has 0 amide bonds. The van der Waals surface area contributed by atoms with Crippen LogP contribution in [0.15, 0.2) is 24.3 Å². The van der Waals surface area contributed by atoms with Gasteiger partial charge < -0.3 is 0 Å². The molecule has 2 nitrogen and oxygen atoms in total. The van der Waals surface area contributed by atoms with Gasteiger partial charge in [0.2, 0.25) is 0 Å². The Morgan fingerprint density at radius 1 is 1.10 bits per heavy atom. The highest BCUT2D eigenvalue weighted by Gasteiger charge is 2.34. The molecule has 0 saturated carbocycles. The third-order valence-electron chi connectivity index (χ3n) is 4.49. The van der Waals surface area contributed by atoms with Crippen molar-refractivity contribution in [3.8, 4) is 0 Å². The molecule has 1 heterocycles. The van der Waals surface area contributed by atoms with Crippen molar-refractivity contribution in [2.45, 2.75) is 59.2 Å². The first-order valence-corrected chi connectivity index (χ1v) is 7.99. The van der Waals surface area contributed by atoms with Gasteiger partial charge in [0.05, 0.1) is 0 Å². The second-order valence-corrected chi connectivity index (χ2v) is 6.95. The van der Waals surface area contributed by atoms with Crippen LogP contribution in [0.4, 0.5) is 0 Å². The summed E-state index contributed by atoms with van der Waals surface area (Å²) in [5, 5.41) is 0. The quantitative estimate of drug-likeness (QED) is 0.701. The van der Waals surface area contributed by atoms with E-state index >= 15 is 0 Å². The number of rotatable bonds is 7. The summed E-state index contributed by atoms with van der Waals surface area (Å²) in [5.74, 6) is 0. The van der Waals surface area contributed by atoms with Gasteiger partial charge in [0.25, 0.3) is 0 Å². The molecular formula is C18H30N2. The van der Waals surface area contributed by atoms with Crippen LogP contribution in [0.25, 0.3) is 0 Å². The smallest absolute Gasteiger partial charge is 0.0236 e. The zero-order valence-electron chi connectivity index (χ0n) is 13.8. The molecule has 2 rings (SSSR count). The second-order valence-electron chi connectivity index (χ2n) is 6.95. The van der Waals surface area contributed by atoms with Crippen LogP contribution in [0.3, 0.4) is 0 Å². The molecule has 1 aliphatic rings. The Labute approximate surface area is 124 Å². The molecule has 112 valence electrons. The van der Waals surface area contributed by atoms with Crippen molar-refractivity contribution in [2.24, 2.45) is 0 Å². The first-order valence-electron chi connectivity index (χ1n) is 7.99. The minimum absolute atomic E-state index is 0.314. The molecule has 1 aromatic carbocycles. The zero-order chi connectivity index (χ0) is 14.8. The Hall–Kier alpha value is -0.860. The van der Waals surface area contributed by atoms with E-state index in [1.165, 1.54) is 24.2 Å². The Bertz CT molecular complexity index is 416. The van der Waals surface area contributed by atoms with Gasteiger partial charge in [0, 0.05) is 31.2 Å². The van der Waals surface area contributed by atoms with Crippen LogP contribution in [0.5, 0.6) is 0 Å². The lowest BCUT2D eigenvalue weighted by atomic mass is 9.94. The van der Waals surface area contributed by atoms with Gasteiger partial charge in [0.15, 0.2) is 0 Å². The average Bonchev–Trinajstić information content (AvgIpc) is 3.21. The maximum Gasteiger partial charge on any atom is 0.0236 e. The molecule has 0 spiro atoms. The highest BCUT2D eigenvalue weighted by atomic mass is 15.3. The summed E-state index contributed by atoms with van der Waals surface area (Å²) in [7, 11) is 0. The summed E-state index contributed by atoms with van der Waals surface area (Å²) in [6.45, 7) is 16.2. The van der Waals surface area contributed by atoms with Gasteiger partial charge in [-0.1, -0.05) is 31.2 Å². The molecule has 0 atom stereocenters. The molecule has 1 fully saturated rings. The van der Waals surface area contributed by atoms with E-state index in [0.717, 1.165) is 19.5 Å². The van der Waals surface area contributed by atoms with Crippen LogP contribution in [0.2, 0.25) is 0 Å². The van der Waals surface area contributed by atoms with E-state index in [9.17, 15) is 0 Å². The molecule has 0 aliphatic carbocycles. The SMILES string of the molecule is CCN(Cc1ccc(CC(C)(C)N2CC2)cc1)C(C)C. The Kier molecular flexibility index (Phi) is 4.87. The first kappa shape index (κ1) is 15.5. The molecule has 0 unspecified atom stereocenters. The van der Waals surface area contributed by atoms with E-state index in [0.29, 0.717) is 11.6 Å². The van der Waals surface area contributed by atoms with Crippen molar-refractivity contribution >= 4 is 0 Å². The fourth-order valence-corrected chi connectivity index (χ4v) is 2.92. The van der Waals surface area contributed by atoms with Crippen molar-refractivity contribution in [1.29, 1.82) is 0 Å². The molecule has 2 heteroatoms. The molecular weight excluding hydrogens is 244 g/mol. The predicted molar refractivity (Wildman–Crippen MR) is 87.0 cm³/mol. The molecule has 1 aliphatic heterocycles. The lowest BCUT2D eigenvalue weighted by molar-refractivity contribution is 0.225. The first-order chi connectivity index (χ1) is 9.42. The highest BCUT2D eigenvalue weighted by Crippen LogP contribution is 2.26. The summed E-state index contributed by atoms with van der Waals surface area (Å²) in [6.07, 6.45) is 1.15. The molecule has 0 N–H and O–H groups in total. The molecule has 0 aromatic heterocycles. The summed E-state index contributed by atoms with van der Waals surface area (Å²) in [5.41, 5.74) is 3.20. The van der Waals surface area contributed by atoms with Crippen LogP contribution in [0.1, 0.15) is 45.7 Å². The fourth-order valence-electron chi connectivity index (χ4n) is 2.92. The number of hydrogen-bond donors (Lipinski definition) is 0. The molecule has 1 saturated heterocycles. The summed E-state index contributed by atoms with van der Waals surface area (Å²) in [4.78, 5) is 5.04. The predicted octanol–water partition coefficient (Wildman–Crippen LogP) is 3.55. The van der Waals surface area contributed by atoms with Crippen LogP contribution >= 0.6 is 0 Å². The van der Waals surface area contributed by atoms with Gasteiger partial charge in [0.1, 0.15) is 0 Å². The van der Waals surface area contributed by atoms with Crippen molar-refractivity contribution in [2.75, 3.05) is 19.6 Å². The van der Waals surface area contributed by atoms with Gasteiger partial charge in [-0.05, 0) is 51.8 Å². The van der Waals surface area contributed by atoms with Crippen LogP contribution in [-0.2, 0) is 13.0 Å². The summed E-state index contributed by atoms with van der Waals surface area (Å²) < 4.78 is 0. The summed E-state index contributed by atoms with van der Waals surface area (Å²) >= 11 is 0. The fraction of sp³-hybridized carbons (Fsp3) is 0.667. The maximum absolute atomic E-state index is 2.54. The largest absolute Gasteiger partial charge is 0.297 e. The van der Waals surface area contributed by atoms with E-state index in [1.54, 1.807) is 0 Å². The third-order valence-corrected chi connectivity index (χ3v) is 4.49. The van der Waals surface area contributed by atoms with Crippen LogP contribution < -0.4 is 0 Å². The zero-order valence-corrected chi connectivity index (χ0v) is 13.8. The highest BCUT2D eigenvalue weighted by molar-refractivity contribution is 5.24. The van der Waals surface area contributed by atoms with Crippen molar-refractivity contribution < 1.29 is 0 Å². The Morgan fingerprint density at radius 3 is 2.10 bits per heavy atom. The Morgan fingerprint density at radius 2 is 1.65 bits per heavy atom. The minimum atomic E-state index is 0.314. The van der Waals surface area contributed by atoms with Gasteiger partial charge in [-0.3, -0.25) is 9.80 Å². The van der Waals surface area contributed by atoms with Gasteiger partial charge in [-0.15, -0.1) is 0 Å². The number of nitrogens with zero attached hydrogens (tertiary/aromatic N) is 2. The van der Waals surface area contributed by atoms with Crippen LogP contribution in [0, 0.1) is 0 Å². The number of hydrogen-bond acceptors (Lipinski definition) is 2. The standard InChI is InChI=1S/C18H30N2/c1-6-19(15(2)3)14-17-9-7-16(8-10-17)13-18(4,5)20-11-12-20/h7-10,15H,6,11-14H2,1-5H3. The topological polar surface area (TPSA) is 6.25 Å². The monoisotopic (exact) mass is 274 g/mol. The van der Waals surface area contributed by atoms with Crippen LogP contribution in [-0.4, -0.2) is 41.0 Å². The second kappa shape index (κ2) is 6.28. The molecule has 0 radical (unpaired) electrons. The normalized spacial score (nSPS) is 16.1. The molecule has 1 aromatic rings. The minimum Gasteiger partial charge on any atom is -0.297 e. The van der Waals surface area contributed by atoms with E-state index in [-0.39, 0.29) is 0 Å². The van der Waals surface area contributed by atoms with E-state index in [2.05, 4.69) is 68.7 Å². The van der Waals surface area contributed by atoms with E-state index in [1.807, 2.05) is 0 Å². The maximum atomic E-state index is 2.54. The average molecular weight is 274 g/mol. The van der Waals surface area contributed by atoms with Gasteiger partial charge in [-0.25, -0.2) is 0 Å². The van der Waals surface area contributed by atoms with Crippen molar-refractivity contribution in [3.63, 3.8) is 0 Å². The van der Waals surface area contributed by atoms with E-state index < -0.39 is 0 Å². The van der Waals surface area contributed by atoms with Crippen molar-refractivity contribution in [1.82, 2.24) is 9.80 Å². The molecule has 0 bridgehead atoms. The van der Waals surface area contributed by atoms with Gasteiger partial charge >= 0.3 is 0 Å². The number of benzene rings is 1. The lowest BCUT2D eigenvalue weighted by Crippen LogP contribution is -2.33. The lowest BCUT2D eigenvalue weighted by Gasteiger charge is -2.27. The van der Waals surface area contributed by atoms with E-state index in [4.69, 9.17) is 0 Å².